The van der Waals surface area contributed by atoms with Gasteiger partial charge in [0.25, 0.3) is 5.91 Å². The Hall–Kier alpha value is -3.55. The van der Waals surface area contributed by atoms with E-state index >= 15 is 0 Å². The first kappa shape index (κ1) is 18.8. The average Bonchev–Trinajstić information content (AvgIpc) is 3.48. The number of carbonyl (C=O) groups excluding carboxylic acids is 2. The van der Waals surface area contributed by atoms with E-state index in [9.17, 15) is 9.59 Å². The molecule has 0 aliphatic heterocycles. The third kappa shape index (κ3) is 4.48. The molecular weight excluding hydrogens is 370 g/mol. The number of ketones is 1. The van der Waals surface area contributed by atoms with Crippen molar-refractivity contribution in [1.82, 2.24) is 20.2 Å². The van der Waals surface area contributed by atoms with E-state index in [2.05, 4.69) is 20.8 Å². The van der Waals surface area contributed by atoms with Gasteiger partial charge in [-0.05, 0) is 59.7 Å². The number of hydrogen-bond acceptors (Lipinski definition) is 6. The summed E-state index contributed by atoms with van der Waals surface area (Å²) in [6.45, 7) is 1.68. The molecule has 8 heteroatoms. The summed E-state index contributed by atoms with van der Waals surface area (Å²) < 4.78 is 7.34. The van der Waals surface area contributed by atoms with Crippen molar-refractivity contribution in [3.8, 4) is 17.1 Å². The number of rotatable bonds is 8. The number of ether oxygens (including phenoxy) is 1. The summed E-state index contributed by atoms with van der Waals surface area (Å²) in [5.74, 6) is 1.02. The van der Waals surface area contributed by atoms with Crippen molar-refractivity contribution in [3.63, 3.8) is 0 Å². The van der Waals surface area contributed by atoms with Gasteiger partial charge in [-0.1, -0.05) is 19.1 Å². The van der Waals surface area contributed by atoms with E-state index in [-0.39, 0.29) is 18.3 Å². The normalized spacial score (nSPS) is 13.1. The molecule has 1 amide bonds. The number of anilines is 1. The molecule has 0 radical (unpaired) electrons. The third-order valence-electron chi connectivity index (χ3n) is 4.66. The van der Waals surface area contributed by atoms with Crippen molar-refractivity contribution in [2.75, 3.05) is 11.9 Å². The standard InChI is InChI=1S/C21H21N5O3/c1-2-19(27)14-6-10-18(11-7-14)29-13-20(28)22-16-5-3-4-15(12-16)21-23-24-25-26(21)17-8-9-17/h3-7,10-12,17H,2,8-9,13H2,1H3,(H,22,28). The van der Waals surface area contributed by atoms with Crippen molar-refractivity contribution in [3.05, 3.63) is 54.1 Å². The maximum absolute atomic E-state index is 12.3. The highest BCUT2D eigenvalue weighted by molar-refractivity contribution is 5.96. The van der Waals surface area contributed by atoms with Gasteiger partial charge in [-0.3, -0.25) is 9.59 Å². The molecule has 0 atom stereocenters. The fourth-order valence-electron chi connectivity index (χ4n) is 2.97. The summed E-state index contributed by atoms with van der Waals surface area (Å²) in [4.78, 5) is 23.9. The minimum Gasteiger partial charge on any atom is -0.484 e. The zero-order valence-corrected chi connectivity index (χ0v) is 16.0. The molecule has 1 N–H and O–H groups in total. The number of nitrogens with one attached hydrogen (secondary N) is 1. The molecule has 2 aromatic carbocycles. The van der Waals surface area contributed by atoms with Crippen molar-refractivity contribution >= 4 is 17.4 Å². The van der Waals surface area contributed by atoms with E-state index in [1.54, 1.807) is 30.3 Å². The molecule has 1 aromatic heterocycles. The van der Waals surface area contributed by atoms with Crippen LogP contribution >= 0.6 is 0 Å². The van der Waals surface area contributed by atoms with Gasteiger partial charge in [0.15, 0.2) is 18.2 Å². The lowest BCUT2D eigenvalue weighted by Crippen LogP contribution is -2.20. The summed E-state index contributed by atoms with van der Waals surface area (Å²) in [6, 6.07) is 14.6. The second kappa shape index (κ2) is 8.22. The average molecular weight is 391 g/mol. The molecule has 1 aliphatic rings. The SMILES string of the molecule is CCC(=O)c1ccc(OCC(=O)Nc2cccc(-c3nnnn3C3CC3)c2)cc1. The molecule has 1 fully saturated rings. The summed E-state index contributed by atoms with van der Waals surface area (Å²) in [5.41, 5.74) is 2.12. The van der Waals surface area contributed by atoms with Crippen LogP contribution in [0.5, 0.6) is 5.75 Å². The fourth-order valence-corrected chi connectivity index (χ4v) is 2.97. The predicted octanol–water partition coefficient (Wildman–Crippen LogP) is 3.29. The Kier molecular flexibility index (Phi) is 5.33. The lowest BCUT2D eigenvalue weighted by atomic mass is 10.1. The van der Waals surface area contributed by atoms with E-state index in [1.165, 1.54) is 0 Å². The molecular formula is C21H21N5O3. The molecule has 3 aromatic rings. The van der Waals surface area contributed by atoms with Gasteiger partial charge >= 0.3 is 0 Å². The first-order valence-electron chi connectivity index (χ1n) is 9.58. The van der Waals surface area contributed by atoms with Gasteiger partial charge in [-0.15, -0.1) is 5.10 Å². The number of amides is 1. The second-order valence-corrected chi connectivity index (χ2v) is 6.90. The molecule has 148 valence electrons. The summed E-state index contributed by atoms with van der Waals surface area (Å²) >= 11 is 0. The predicted molar refractivity (Wildman–Crippen MR) is 107 cm³/mol. The van der Waals surface area contributed by atoms with Gasteiger partial charge in [-0.2, -0.15) is 0 Å². The van der Waals surface area contributed by atoms with Gasteiger partial charge in [0.05, 0.1) is 6.04 Å². The minimum absolute atomic E-state index is 0.0712. The second-order valence-electron chi connectivity index (χ2n) is 6.90. The Morgan fingerprint density at radius 2 is 1.97 bits per heavy atom. The van der Waals surface area contributed by atoms with Crippen LogP contribution in [-0.4, -0.2) is 38.5 Å². The molecule has 0 bridgehead atoms. The number of hydrogen-bond donors (Lipinski definition) is 1. The Labute approximate surface area is 167 Å². The number of carbonyl (C=O) groups is 2. The van der Waals surface area contributed by atoms with Crippen LogP contribution in [0.15, 0.2) is 48.5 Å². The maximum Gasteiger partial charge on any atom is 0.262 e. The monoisotopic (exact) mass is 391 g/mol. The maximum atomic E-state index is 12.3. The first-order valence-corrected chi connectivity index (χ1v) is 9.58. The van der Waals surface area contributed by atoms with Crippen molar-refractivity contribution in [2.45, 2.75) is 32.2 Å². The highest BCUT2D eigenvalue weighted by Gasteiger charge is 2.28. The van der Waals surface area contributed by atoms with E-state index in [0.717, 1.165) is 18.4 Å². The lowest BCUT2D eigenvalue weighted by molar-refractivity contribution is -0.118. The highest BCUT2D eigenvalue weighted by atomic mass is 16.5. The molecule has 0 saturated heterocycles. The van der Waals surface area contributed by atoms with E-state index in [4.69, 9.17) is 4.74 Å². The summed E-state index contributed by atoms with van der Waals surface area (Å²) in [7, 11) is 0. The molecule has 1 heterocycles. The number of tetrazole rings is 1. The molecule has 0 unspecified atom stereocenters. The van der Waals surface area contributed by atoms with Crippen molar-refractivity contribution < 1.29 is 14.3 Å². The topological polar surface area (TPSA) is 99.0 Å². The number of aromatic nitrogens is 4. The van der Waals surface area contributed by atoms with Gasteiger partial charge < -0.3 is 10.1 Å². The van der Waals surface area contributed by atoms with Crippen LogP contribution in [-0.2, 0) is 4.79 Å². The van der Waals surface area contributed by atoms with E-state index < -0.39 is 0 Å². The number of benzene rings is 2. The van der Waals surface area contributed by atoms with Crippen LogP contribution < -0.4 is 10.1 Å². The number of Topliss-reactive ketones (excluding diaryl/α,β-unsaturated/α-hetero) is 1. The number of nitrogens with zero attached hydrogens (tertiary/aromatic N) is 4. The quantitative estimate of drug-likeness (QED) is 0.592. The summed E-state index contributed by atoms with van der Waals surface area (Å²) in [6.07, 6.45) is 2.62. The van der Waals surface area contributed by atoms with E-state index in [1.807, 2.05) is 29.8 Å². The van der Waals surface area contributed by atoms with Crippen LogP contribution in [0.3, 0.4) is 0 Å². The summed E-state index contributed by atoms with van der Waals surface area (Å²) in [5, 5.41) is 14.8. The largest absolute Gasteiger partial charge is 0.484 e. The van der Waals surface area contributed by atoms with Gasteiger partial charge in [0, 0.05) is 23.2 Å². The molecule has 4 rings (SSSR count). The van der Waals surface area contributed by atoms with Gasteiger partial charge in [0.1, 0.15) is 5.75 Å². The smallest absolute Gasteiger partial charge is 0.262 e. The van der Waals surface area contributed by atoms with Crippen LogP contribution in [0.1, 0.15) is 42.6 Å². The molecule has 0 spiro atoms. The minimum atomic E-state index is -0.280. The van der Waals surface area contributed by atoms with Crippen molar-refractivity contribution in [2.24, 2.45) is 0 Å². The Bertz CT molecular complexity index is 1020. The fraction of sp³-hybridized carbons (Fsp3) is 0.286. The molecule has 1 saturated carbocycles. The molecule has 29 heavy (non-hydrogen) atoms. The van der Waals surface area contributed by atoms with Crippen molar-refractivity contribution in [1.29, 1.82) is 0 Å². The Morgan fingerprint density at radius 1 is 1.17 bits per heavy atom. The Morgan fingerprint density at radius 3 is 2.69 bits per heavy atom. The third-order valence-corrected chi connectivity index (χ3v) is 4.66. The van der Waals surface area contributed by atoms with Crippen LogP contribution in [0, 0.1) is 0 Å². The van der Waals surface area contributed by atoms with Gasteiger partial charge in [-0.25, -0.2) is 4.68 Å². The lowest BCUT2D eigenvalue weighted by Gasteiger charge is -2.09. The van der Waals surface area contributed by atoms with Crippen LogP contribution in [0.2, 0.25) is 0 Å². The van der Waals surface area contributed by atoms with Crippen LogP contribution in [0.4, 0.5) is 5.69 Å². The van der Waals surface area contributed by atoms with E-state index in [0.29, 0.717) is 35.3 Å². The molecule has 1 aliphatic carbocycles. The van der Waals surface area contributed by atoms with Crippen LogP contribution in [0.25, 0.3) is 11.4 Å². The molecule has 8 nitrogen and oxygen atoms in total. The first-order chi connectivity index (χ1) is 14.1. The zero-order valence-electron chi connectivity index (χ0n) is 16.0. The van der Waals surface area contributed by atoms with Gasteiger partial charge in [0.2, 0.25) is 0 Å². The Balaban J connectivity index is 1.36. The highest BCUT2D eigenvalue weighted by Crippen LogP contribution is 2.36. The zero-order chi connectivity index (χ0) is 20.2.